The number of rotatable bonds is 7. The molecule has 2 aromatic carbocycles. The van der Waals surface area contributed by atoms with E-state index >= 15 is 0 Å². The number of benzene rings is 2. The van der Waals surface area contributed by atoms with Gasteiger partial charge < -0.3 is 19.6 Å². The standard InChI is InChI=1S/C23H25ClN2O4/c1-25(2)18-11-7-15(8-12-18)20-19(21(27)16-5-9-17(24)10-6-16)22(28)23(29)26(20)13-4-14-30-3/h5-12,20,27H,4,13-14H2,1-3H3/b21-19-. The summed E-state index contributed by atoms with van der Waals surface area (Å²) in [5.74, 6) is -1.52. The number of anilines is 1. The van der Waals surface area contributed by atoms with Gasteiger partial charge in [-0.2, -0.15) is 0 Å². The maximum Gasteiger partial charge on any atom is 0.295 e. The number of nitrogens with zero attached hydrogens (tertiary/aromatic N) is 2. The molecule has 6 nitrogen and oxygen atoms in total. The smallest absolute Gasteiger partial charge is 0.295 e. The summed E-state index contributed by atoms with van der Waals surface area (Å²) >= 11 is 5.94. The molecular weight excluding hydrogens is 404 g/mol. The molecule has 1 saturated heterocycles. The Balaban J connectivity index is 2.10. The van der Waals surface area contributed by atoms with Crippen LogP contribution in [0.4, 0.5) is 5.69 Å². The van der Waals surface area contributed by atoms with E-state index in [2.05, 4.69) is 0 Å². The molecule has 0 aromatic heterocycles. The van der Waals surface area contributed by atoms with E-state index in [-0.39, 0.29) is 11.3 Å². The predicted octanol–water partition coefficient (Wildman–Crippen LogP) is 3.86. The number of carbonyl (C=O) groups is 2. The van der Waals surface area contributed by atoms with Gasteiger partial charge in [-0.25, -0.2) is 0 Å². The first kappa shape index (κ1) is 21.9. The molecule has 158 valence electrons. The van der Waals surface area contributed by atoms with Crippen molar-refractivity contribution in [3.05, 3.63) is 70.3 Å². The van der Waals surface area contributed by atoms with Crippen molar-refractivity contribution >= 4 is 34.7 Å². The van der Waals surface area contributed by atoms with Crippen LogP contribution in [0.1, 0.15) is 23.6 Å². The van der Waals surface area contributed by atoms with Gasteiger partial charge in [0.05, 0.1) is 11.6 Å². The minimum Gasteiger partial charge on any atom is -0.507 e. The van der Waals surface area contributed by atoms with Crippen molar-refractivity contribution < 1.29 is 19.4 Å². The second-order valence-electron chi connectivity index (χ2n) is 7.33. The van der Waals surface area contributed by atoms with Crippen molar-refractivity contribution in [1.29, 1.82) is 0 Å². The minimum absolute atomic E-state index is 0.0809. The lowest BCUT2D eigenvalue weighted by Crippen LogP contribution is -2.31. The van der Waals surface area contributed by atoms with E-state index in [9.17, 15) is 14.7 Å². The van der Waals surface area contributed by atoms with Crippen LogP contribution in [-0.2, 0) is 14.3 Å². The highest BCUT2D eigenvalue weighted by molar-refractivity contribution is 6.46. The summed E-state index contributed by atoms with van der Waals surface area (Å²) in [6.45, 7) is 0.808. The summed E-state index contributed by atoms with van der Waals surface area (Å²) in [6.07, 6.45) is 0.580. The van der Waals surface area contributed by atoms with Gasteiger partial charge in [-0.3, -0.25) is 9.59 Å². The molecule has 1 fully saturated rings. The molecular formula is C23H25ClN2O4. The molecule has 3 rings (SSSR count). The number of Topliss-reactive ketones (excluding diaryl/α,β-unsaturated/α-hetero) is 1. The molecule has 0 saturated carbocycles. The highest BCUT2D eigenvalue weighted by Gasteiger charge is 2.45. The molecule has 1 heterocycles. The molecule has 0 radical (unpaired) electrons. The van der Waals surface area contributed by atoms with Crippen LogP contribution in [-0.4, -0.2) is 56.1 Å². The van der Waals surface area contributed by atoms with Crippen LogP contribution in [0.3, 0.4) is 0 Å². The average molecular weight is 429 g/mol. The van der Waals surface area contributed by atoms with Crippen molar-refractivity contribution in [2.75, 3.05) is 39.3 Å². The maximum absolute atomic E-state index is 12.9. The van der Waals surface area contributed by atoms with Crippen LogP contribution in [0, 0.1) is 0 Å². The molecule has 30 heavy (non-hydrogen) atoms. The van der Waals surface area contributed by atoms with Crippen LogP contribution >= 0.6 is 11.6 Å². The molecule has 1 aliphatic rings. The number of hydrogen-bond acceptors (Lipinski definition) is 5. The Bertz CT molecular complexity index is 952. The quantitative estimate of drug-likeness (QED) is 0.314. The van der Waals surface area contributed by atoms with Gasteiger partial charge in [0.15, 0.2) is 0 Å². The maximum atomic E-state index is 12.9. The number of hydrogen-bond donors (Lipinski definition) is 1. The lowest BCUT2D eigenvalue weighted by atomic mass is 9.95. The summed E-state index contributed by atoms with van der Waals surface area (Å²) in [5.41, 5.74) is 2.27. The van der Waals surface area contributed by atoms with Crippen molar-refractivity contribution in [1.82, 2.24) is 4.90 Å². The summed E-state index contributed by atoms with van der Waals surface area (Å²) in [5, 5.41) is 11.5. The van der Waals surface area contributed by atoms with Gasteiger partial charge in [-0.15, -0.1) is 0 Å². The molecule has 1 aliphatic heterocycles. The van der Waals surface area contributed by atoms with E-state index in [0.717, 1.165) is 11.3 Å². The van der Waals surface area contributed by atoms with E-state index in [1.807, 2.05) is 43.3 Å². The number of aliphatic hydroxyl groups excluding tert-OH is 1. The van der Waals surface area contributed by atoms with Gasteiger partial charge in [0.1, 0.15) is 5.76 Å². The van der Waals surface area contributed by atoms with Crippen molar-refractivity contribution in [3.8, 4) is 0 Å². The van der Waals surface area contributed by atoms with Gasteiger partial charge in [0.25, 0.3) is 11.7 Å². The topological polar surface area (TPSA) is 70.1 Å². The fourth-order valence-electron chi connectivity index (χ4n) is 3.55. The Labute approximate surface area is 181 Å². The SMILES string of the molecule is COCCCN1C(=O)C(=O)/C(=C(\O)c2ccc(Cl)cc2)C1c1ccc(N(C)C)cc1. The number of likely N-dealkylation sites (tertiary alicyclic amines) is 1. The summed E-state index contributed by atoms with van der Waals surface area (Å²) in [6, 6.07) is 13.4. The monoisotopic (exact) mass is 428 g/mol. The molecule has 1 amide bonds. The number of halogens is 1. The Morgan fingerprint density at radius 3 is 2.30 bits per heavy atom. The van der Waals surface area contributed by atoms with E-state index in [1.165, 1.54) is 4.90 Å². The number of ether oxygens (including phenoxy) is 1. The predicted molar refractivity (Wildman–Crippen MR) is 118 cm³/mol. The molecule has 7 heteroatoms. The second kappa shape index (κ2) is 9.32. The van der Waals surface area contributed by atoms with E-state index in [4.69, 9.17) is 16.3 Å². The molecule has 0 spiro atoms. The van der Waals surface area contributed by atoms with Crippen molar-refractivity contribution in [2.45, 2.75) is 12.5 Å². The molecule has 1 atom stereocenters. The van der Waals surface area contributed by atoms with Gasteiger partial charge in [0.2, 0.25) is 0 Å². The van der Waals surface area contributed by atoms with Crippen LogP contribution in [0.5, 0.6) is 0 Å². The van der Waals surface area contributed by atoms with E-state index in [0.29, 0.717) is 30.2 Å². The second-order valence-corrected chi connectivity index (χ2v) is 7.77. The van der Waals surface area contributed by atoms with Gasteiger partial charge in [-0.05, 0) is 48.4 Å². The Morgan fingerprint density at radius 1 is 1.10 bits per heavy atom. The third kappa shape index (κ3) is 4.35. The van der Waals surface area contributed by atoms with E-state index in [1.54, 1.807) is 31.4 Å². The molecule has 2 aromatic rings. The zero-order chi connectivity index (χ0) is 21.8. The number of ketones is 1. The number of carbonyl (C=O) groups excluding carboxylic acids is 2. The fourth-order valence-corrected chi connectivity index (χ4v) is 3.68. The highest BCUT2D eigenvalue weighted by Crippen LogP contribution is 2.40. The molecule has 1 N–H and O–H groups in total. The minimum atomic E-state index is -0.693. The largest absolute Gasteiger partial charge is 0.507 e. The highest BCUT2D eigenvalue weighted by atomic mass is 35.5. The third-order valence-corrected chi connectivity index (χ3v) is 5.38. The van der Waals surface area contributed by atoms with Gasteiger partial charge >= 0.3 is 0 Å². The van der Waals surface area contributed by atoms with Crippen molar-refractivity contribution in [2.24, 2.45) is 0 Å². The zero-order valence-corrected chi connectivity index (χ0v) is 18.0. The Morgan fingerprint density at radius 2 is 1.73 bits per heavy atom. The average Bonchev–Trinajstić information content (AvgIpc) is 2.99. The lowest BCUT2D eigenvalue weighted by Gasteiger charge is -2.26. The number of aliphatic hydroxyl groups is 1. The van der Waals surface area contributed by atoms with Crippen LogP contribution in [0.15, 0.2) is 54.1 Å². The first-order chi connectivity index (χ1) is 14.3. The first-order valence-electron chi connectivity index (χ1n) is 9.65. The van der Waals surface area contributed by atoms with Crippen LogP contribution in [0.25, 0.3) is 5.76 Å². The first-order valence-corrected chi connectivity index (χ1v) is 10.0. The zero-order valence-electron chi connectivity index (χ0n) is 17.3. The lowest BCUT2D eigenvalue weighted by molar-refractivity contribution is -0.140. The molecule has 0 bridgehead atoms. The summed E-state index contributed by atoms with van der Waals surface area (Å²) < 4.78 is 5.10. The van der Waals surface area contributed by atoms with Gasteiger partial charge in [0, 0.05) is 50.6 Å². The molecule has 0 aliphatic carbocycles. The molecule has 1 unspecified atom stereocenters. The number of methoxy groups -OCH3 is 1. The van der Waals surface area contributed by atoms with Gasteiger partial charge in [-0.1, -0.05) is 23.7 Å². The summed E-state index contributed by atoms with van der Waals surface area (Å²) in [4.78, 5) is 29.2. The van der Waals surface area contributed by atoms with Crippen LogP contribution in [0.2, 0.25) is 5.02 Å². The van der Waals surface area contributed by atoms with Crippen molar-refractivity contribution in [3.63, 3.8) is 0 Å². The third-order valence-electron chi connectivity index (χ3n) is 5.13. The fraction of sp³-hybridized carbons (Fsp3) is 0.304. The van der Waals surface area contributed by atoms with E-state index < -0.39 is 17.7 Å². The number of amides is 1. The summed E-state index contributed by atoms with van der Waals surface area (Å²) in [7, 11) is 5.46. The van der Waals surface area contributed by atoms with Crippen LogP contribution < -0.4 is 4.90 Å². The normalized spacial score (nSPS) is 18.1. The Hall–Kier alpha value is -2.83. The Kier molecular flexibility index (Phi) is 6.80.